The first-order chi connectivity index (χ1) is 13.8. The van der Waals surface area contributed by atoms with Gasteiger partial charge in [-0.15, -0.1) is 0 Å². The number of hydrogen-bond donors (Lipinski definition) is 2. The van der Waals surface area contributed by atoms with Crippen molar-refractivity contribution in [1.82, 2.24) is 10.2 Å². The van der Waals surface area contributed by atoms with Gasteiger partial charge in [0.05, 0.1) is 0 Å². The largest absolute Gasteiger partial charge is 0.371 e. The standard InChI is InChI=1S/C26H37N3/c1-8-28-22(7)13-19(4)20(5)14-25-16-24(15-21(6)26(25)17-27)23-9-11-29(12-10-23)18(2)3/h8-9,13,15-16,28H,1-2,10-12,14,17,27H2,3-7H3/b20-19+,22-13-. The fourth-order valence-electron chi connectivity index (χ4n) is 3.88. The van der Waals surface area contributed by atoms with Gasteiger partial charge in [0.15, 0.2) is 0 Å². The zero-order valence-electron chi connectivity index (χ0n) is 18.9. The Labute approximate surface area is 177 Å². The van der Waals surface area contributed by atoms with Crippen molar-refractivity contribution in [2.45, 2.75) is 54.0 Å². The highest BCUT2D eigenvalue weighted by Crippen LogP contribution is 2.29. The average molecular weight is 392 g/mol. The Balaban J connectivity index is 2.36. The number of nitrogens with two attached hydrogens (primary N) is 1. The van der Waals surface area contributed by atoms with E-state index in [0.717, 1.165) is 37.3 Å². The Morgan fingerprint density at radius 3 is 2.52 bits per heavy atom. The van der Waals surface area contributed by atoms with Gasteiger partial charge < -0.3 is 16.0 Å². The average Bonchev–Trinajstić information content (AvgIpc) is 2.67. The topological polar surface area (TPSA) is 41.3 Å². The fraction of sp³-hybridized carbons (Fsp3) is 0.385. The molecule has 156 valence electrons. The molecule has 0 bridgehead atoms. The molecule has 3 heteroatoms. The Morgan fingerprint density at radius 2 is 1.97 bits per heavy atom. The molecule has 0 unspecified atom stereocenters. The number of rotatable bonds is 8. The molecule has 1 aromatic rings. The third-order valence-corrected chi connectivity index (χ3v) is 5.78. The van der Waals surface area contributed by atoms with Crippen molar-refractivity contribution in [3.8, 4) is 0 Å². The quantitative estimate of drug-likeness (QED) is 0.567. The van der Waals surface area contributed by atoms with Gasteiger partial charge in [-0.2, -0.15) is 0 Å². The van der Waals surface area contributed by atoms with Crippen LogP contribution in [-0.2, 0) is 13.0 Å². The second-order valence-electron chi connectivity index (χ2n) is 8.11. The third-order valence-electron chi connectivity index (χ3n) is 5.78. The van der Waals surface area contributed by atoms with Crippen LogP contribution in [-0.4, -0.2) is 18.0 Å². The molecule has 0 aromatic heterocycles. The molecule has 0 radical (unpaired) electrons. The number of nitrogens with zero attached hydrogens (tertiary/aromatic N) is 1. The predicted molar refractivity (Wildman–Crippen MR) is 127 cm³/mol. The highest BCUT2D eigenvalue weighted by atomic mass is 15.1. The third kappa shape index (κ3) is 5.98. The fourth-order valence-corrected chi connectivity index (χ4v) is 3.88. The number of aryl methyl sites for hydroxylation is 1. The lowest BCUT2D eigenvalue weighted by atomic mass is 9.89. The second kappa shape index (κ2) is 10.3. The molecule has 0 saturated heterocycles. The van der Waals surface area contributed by atoms with Crippen LogP contribution < -0.4 is 11.1 Å². The molecule has 2 rings (SSSR count). The van der Waals surface area contributed by atoms with E-state index in [1.54, 1.807) is 6.20 Å². The highest BCUT2D eigenvalue weighted by Gasteiger charge is 2.15. The van der Waals surface area contributed by atoms with Crippen LogP contribution in [0.5, 0.6) is 0 Å². The van der Waals surface area contributed by atoms with Crippen molar-refractivity contribution in [2.75, 3.05) is 13.1 Å². The maximum atomic E-state index is 6.12. The summed E-state index contributed by atoms with van der Waals surface area (Å²) in [6.07, 6.45) is 8.19. The van der Waals surface area contributed by atoms with Gasteiger partial charge in [0, 0.05) is 31.0 Å². The summed E-state index contributed by atoms with van der Waals surface area (Å²) in [7, 11) is 0. The van der Waals surface area contributed by atoms with E-state index in [1.807, 2.05) is 0 Å². The summed E-state index contributed by atoms with van der Waals surface area (Å²) in [6, 6.07) is 4.66. The number of hydrogen-bond acceptors (Lipinski definition) is 3. The van der Waals surface area contributed by atoms with Crippen LogP contribution >= 0.6 is 0 Å². The van der Waals surface area contributed by atoms with Crippen molar-refractivity contribution in [3.05, 3.63) is 88.4 Å². The van der Waals surface area contributed by atoms with Crippen molar-refractivity contribution in [3.63, 3.8) is 0 Å². The molecule has 1 aliphatic heterocycles. The summed E-state index contributed by atoms with van der Waals surface area (Å²) in [6.45, 7) is 21.0. The van der Waals surface area contributed by atoms with Gasteiger partial charge in [-0.05, 0) is 87.6 Å². The molecule has 3 nitrogen and oxygen atoms in total. The molecule has 3 N–H and O–H groups in total. The lowest BCUT2D eigenvalue weighted by Crippen LogP contribution is -2.26. The predicted octanol–water partition coefficient (Wildman–Crippen LogP) is 5.59. The Hall–Kier alpha value is -2.52. The van der Waals surface area contributed by atoms with Crippen LogP contribution in [0.25, 0.3) is 5.57 Å². The first-order valence-electron chi connectivity index (χ1n) is 10.4. The number of allylic oxidation sites excluding steroid dienone is 5. The van der Waals surface area contributed by atoms with E-state index in [9.17, 15) is 0 Å². The minimum Gasteiger partial charge on any atom is -0.371 e. The zero-order valence-corrected chi connectivity index (χ0v) is 18.9. The Morgan fingerprint density at radius 1 is 1.24 bits per heavy atom. The normalized spacial score (nSPS) is 15.6. The summed E-state index contributed by atoms with van der Waals surface area (Å²) in [5, 5.41) is 3.14. The Bertz CT molecular complexity index is 868. The number of nitrogens with one attached hydrogen (secondary N) is 1. The molecular formula is C26H37N3. The van der Waals surface area contributed by atoms with Gasteiger partial charge in [0.25, 0.3) is 0 Å². The van der Waals surface area contributed by atoms with E-state index in [0.29, 0.717) is 6.54 Å². The molecule has 0 fully saturated rings. The second-order valence-corrected chi connectivity index (χ2v) is 8.11. The molecule has 0 amide bonds. The molecule has 0 atom stereocenters. The molecule has 0 spiro atoms. The van der Waals surface area contributed by atoms with E-state index in [1.165, 1.54) is 39.0 Å². The van der Waals surface area contributed by atoms with E-state index >= 15 is 0 Å². The van der Waals surface area contributed by atoms with Crippen molar-refractivity contribution in [1.29, 1.82) is 0 Å². The molecule has 1 aromatic carbocycles. The summed E-state index contributed by atoms with van der Waals surface area (Å²) in [5.41, 5.74) is 17.6. The molecular weight excluding hydrogens is 354 g/mol. The maximum absolute atomic E-state index is 6.12. The van der Waals surface area contributed by atoms with Crippen LogP contribution in [0.2, 0.25) is 0 Å². The number of benzene rings is 1. The molecule has 0 aliphatic carbocycles. The van der Waals surface area contributed by atoms with E-state index in [2.05, 4.69) is 82.3 Å². The monoisotopic (exact) mass is 391 g/mol. The minimum atomic E-state index is 0.573. The highest BCUT2D eigenvalue weighted by molar-refractivity contribution is 5.69. The summed E-state index contributed by atoms with van der Waals surface area (Å²) < 4.78 is 0. The van der Waals surface area contributed by atoms with Crippen LogP contribution in [0.1, 0.15) is 56.4 Å². The van der Waals surface area contributed by atoms with Crippen LogP contribution in [0.15, 0.2) is 66.2 Å². The Kier molecular flexibility index (Phi) is 8.10. The lowest BCUT2D eigenvalue weighted by molar-refractivity contribution is 0.381. The maximum Gasteiger partial charge on any atom is 0.0362 e. The molecule has 0 saturated carbocycles. The SMILES string of the molecule is C=CN/C(C)=C\C(C)=C(/C)Cc1cc(C2=CCN(C(=C)C)CC2)cc(C)c1CN. The molecule has 1 heterocycles. The lowest BCUT2D eigenvalue weighted by Gasteiger charge is -2.29. The van der Waals surface area contributed by atoms with Gasteiger partial charge in [0.2, 0.25) is 0 Å². The first kappa shape index (κ1) is 22.8. The van der Waals surface area contributed by atoms with E-state index < -0.39 is 0 Å². The van der Waals surface area contributed by atoms with Gasteiger partial charge in [-0.1, -0.05) is 42.5 Å². The van der Waals surface area contributed by atoms with Crippen LogP contribution in [0.4, 0.5) is 0 Å². The smallest absolute Gasteiger partial charge is 0.0362 e. The summed E-state index contributed by atoms with van der Waals surface area (Å²) in [4.78, 5) is 2.33. The van der Waals surface area contributed by atoms with E-state index in [-0.39, 0.29) is 0 Å². The van der Waals surface area contributed by atoms with Gasteiger partial charge in [-0.3, -0.25) is 0 Å². The minimum absolute atomic E-state index is 0.573. The molecule has 29 heavy (non-hydrogen) atoms. The first-order valence-corrected chi connectivity index (χ1v) is 10.4. The van der Waals surface area contributed by atoms with Crippen LogP contribution in [0.3, 0.4) is 0 Å². The zero-order chi connectivity index (χ0) is 21.6. The van der Waals surface area contributed by atoms with Crippen molar-refractivity contribution >= 4 is 5.57 Å². The molecule has 1 aliphatic rings. The van der Waals surface area contributed by atoms with Crippen molar-refractivity contribution in [2.24, 2.45) is 5.73 Å². The van der Waals surface area contributed by atoms with Gasteiger partial charge in [-0.25, -0.2) is 0 Å². The van der Waals surface area contributed by atoms with Crippen LogP contribution in [0, 0.1) is 6.92 Å². The summed E-state index contributed by atoms with van der Waals surface area (Å²) >= 11 is 0. The summed E-state index contributed by atoms with van der Waals surface area (Å²) in [5.74, 6) is 0. The van der Waals surface area contributed by atoms with E-state index in [4.69, 9.17) is 5.73 Å². The van der Waals surface area contributed by atoms with Crippen molar-refractivity contribution < 1.29 is 0 Å². The van der Waals surface area contributed by atoms with Gasteiger partial charge >= 0.3 is 0 Å². The van der Waals surface area contributed by atoms with Gasteiger partial charge in [0.1, 0.15) is 0 Å².